The molecular weight excluding hydrogens is 242 g/mol. The van der Waals surface area contributed by atoms with E-state index in [1.807, 2.05) is 20.8 Å². The van der Waals surface area contributed by atoms with Crippen LogP contribution >= 0.6 is 0 Å². The van der Waals surface area contributed by atoms with Crippen molar-refractivity contribution in [2.24, 2.45) is 17.3 Å². The maximum Gasteiger partial charge on any atom is 0.308 e. The highest BCUT2D eigenvalue weighted by atomic mass is 16.4. The summed E-state index contributed by atoms with van der Waals surface area (Å²) in [6.07, 6.45) is 5.85. The van der Waals surface area contributed by atoms with Crippen LogP contribution in [0.15, 0.2) is 0 Å². The second kappa shape index (κ2) is 6.92. The Morgan fingerprint density at radius 2 is 1.84 bits per heavy atom. The summed E-state index contributed by atoms with van der Waals surface area (Å²) in [6.45, 7) is 6.30. The number of rotatable bonds is 6. The highest BCUT2D eigenvalue weighted by Gasteiger charge is 2.25. The van der Waals surface area contributed by atoms with E-state index in [4.69, 9.17) is 0 Å². The highest BCUT2D eigenvalue weighted by Crippen LogP contribution is 2.27. The zero-order chi connectivity index (χ0) is 14.5. The largest absolute Gasteiger partial charge is 0.481 e. The van der Waals surface area contributed by atoms with Gasteiger partial charge in [-0.1, -0.05) is 33.6 Å². The molecule has 0 saturated heterocycles. The summed E-state index contributed by atoms with van der Waals surface area (Å²) in [6, 6.07) is 0. The maximum absolute atomic E-state index is 11.8. The molecule has 0 bridgehead atoms. The molecule has 1 fully saturated rings. The molecule has 0 aromatic heterocycles. The number of carboxylic acids is 1. The van der Waals surface area contributed by atoms with Gasteiger partial charge in [-0.3, -0.25) is 9.59 Å². The third-order valence-electron chi connectivity index (χ3n) is 3.70. The molecule has 1 saturated carbocycles. The fourth-order valence-corrected chi connectivity index (χ4v) is 2.77. The third-order valence-corrected chi connectivity index (χ3v) is 3.70. The first-order valence-electron chi connectivity index (χ1n) is 7.27. The van der Waals surface area contributed by atoms with E-state index in [0.29, 0.717) is 18.8 Å². The van der Waals surface area contributed by atoms with E-state index in [0.717, 1.165) is 12.8 Å². The lowest BCUT2D eigenvalue weighted by molar-refractivity contribution is -0.142. The smallest absolute Gasteiger partial charge is 0.308 e. The van der Waals surface area contributed by atoms with Crippen LogP contribution in [0.5, 0.6) is 0 Å². The van der Waals surface area contributed by atoms with Crippen molar-refractivity contribution in [3.63, 3.8) is 0 Å². The van der Waals surface area contributed by atoms with Gasteiger partial charge in [-0.25, -0.2) is 0 Å². The molecule has 19 heavy (non-hydrogen) atoms. The predicted octanol–water partition coefficient (Wildman–Crippen LogP) is 2.82. The monoisotopic (exact) mass is 269 g/mol. The van der Waals surface area contributed by atoms with Gasteiger partial charge in [0.2, 0.25) is 5.91 Å². The maximum atomic E-state index is 11.8. The molecular formula is C15H27NO3. The molecule has 2 N–H and O–H groups in total. The van der Waals surface area contributed by atoms with E-state index in [1.54, 1.807) is 0 Å². The summed E-state index contributed by atoms with van der Waals surface area (Å²) in [5.74, 6) is -0.804. The van der Waals surface area contributed by atoms with Crippen LogP contribution < -0.4 is 5.32 Å². The first kappa shape index (κ1) is 16.0. The zero-order valence-electron chi connectivity index (χ0n) is 12.4. The fourth-order valence-electron chi connectivity index (χ4n) is 2.77. The van der Waals surface area contributed by atoms with Crippen molar-refractivity contribution in [1.29, 1.82) is 0 Å². The molecule has 1 amide bonds. The fraction of sp³-hybridized carbons (Fsp3) is 0.867. The van der Waals surface area contributed by atoms with Crippen LogP contribution in [-0.4, -0.2) is 23.5 Å². The van der Waals surface area contributed by atoms with Crippen LogP contribution in [0.4, 0.5) is 0 Å². The molecule has 1 unspecified atom stereocenters. The molecule has 0 heterocycles. The molecule has 1 aliphatic rings. The standard InChI is InChI=1S/C15H27NO3/c1-15(2,3)9-12(14(18)19)10-16-13(17)8-11-6-4-5-7-11/h11-12H,4-10H2,1-3H3,(H,16,17)(H,18,19). The molecule has 1 aliphatic carbocycles. The number of hydrogen-bond donors (Lipinski definition) is 2. The number of carboxylic acid groups (broad SMARTS) is 1. The van der Waals surface area contributed by atoms with E-state index in [1.165, 1.54) is 12.8 Å². The summed E-state index contributed by atoms with van der Waals surface area (Å²) in [5, 5.41) is 12.0. The van der Waals surface area contributed by atoms with Crippen LogP contribution in [0.25, 0.3) is 0 Å². The van der Waals surface area contributed by atoms with Gasteiger partial charge in [0.05, 0.1) is 5.92 Å². The minimum atomic E-state index is -0.823. The van der Waals surface area contributed by atoms with Crippen LogP contribution in [0.1, 0.15) is 59.3 Å². The zero-order valence-corrected chi connectivity index (χ0v) is 12.4. The Morgan fingerprint density at radius 3 is 2.32 bits per heavy atom. The third kappa shape index (κ3) is 6.60. The van der Waals surface area contributed by atoms with Gasteiger partial charge in [-0.15, -0.1) is 0 Å². The Balaban J connectivity index is 2.34. The van der Waals surface area contributed by atoms with Crippen molar-refractivity contribution in [1.82, 2.24) is 5.32 Å². The highest BCUT2D eigenvalue weighted by molar-refractivity contribution is 5.77. The number of carbonyl (C=O) groups excluding carboxylic acids is 1. The average Bonchev–Trinajstić information content (AvgIpc) is 2.75. The van der Waals surface area contributed by atoms with Gasteiger partial charge >= 0.3 is 5.97 Å². The first-order valence-corrected chi connectivity index (χ1v) is 7.27. The summed E-state index contributed by atoms with van der Waals surface area (Å²) in [4.78, 5) is 23.0. The molecule has 0 aliphatic heterocycles. The predicted molar refractivity (Wildman–Crippen MR) is 74.8 cm³/mol. The second-order valence-corrected chi connectivity index (χ2v) is 6.96. The van der Waals surface area contributed by atoms with Gasteiger partial charge in [0.1, 0.15) is 0 Å². The van der Waals surface area contributed by atoms with Crippen molar-refractivity contribution in [3.05, 3.63) is 0 Å². The summed E-state index contributed by atoms with van der Waals surface area (Å²) >= 11 is 0. The van der Waals surface area contributed by atoms with Crippen LogP contribution in [0, 0.1) is 17.3 Å². The van der Waals surface area contributed by atoms with Crippen LogP contribution in [0.2, 0.25) is 0 Å². The number of nitrogens with one attached hydrogen (secondary N) is 1. The van der Waals surface area contributed by atoms with Gasteiger partial charge in [-0.2, -0.15) is 0 Å². The molecule has 0 spiro atoms. The van der Waals surface area contributed by atoms with Crippen molar-refractivity contribution in [2.75, 3.05) is 6.54 Å². The molecule has 0 radical (unpaired) electrons. The lowest BCUT2D eigenvalue weighted by atomic mass is 9.84. The van der Waals surface area contributed by atoms with E-state index in [2.05, 4.69) is 5.32 Å². The van der Waals surface area contributed by atoms with E-state index >= 15 is 0 Å². The van der Waals surface area contributed by atoms with Crippen molar-refractivity contribution >= 4 is 11.9 Å². The Bertz CT molecular complexity index is 314. The van der Waals surface area contributed by atoms with Gasteiger partial charge in [0.25, 0.3) is 0 Å². The summed E-state index contributed by atoms with van der Waals surface area (Å²) in [7, 11) is 0. The quantitative estimate of drug-likeness (QED) is 0.779. The topological polar surface area (TPSA) is 66.4 Å². The van der Waals surface area contributed by atoms with Crippen LogP contribution in [0.3, 0.4) is 0 Å². The minimum Gasteiger partial charge on any atom is -0.481 e. The van der Waals surface area contributed by atoms with Crippen molar-refractivity contribution in [3.8, 4) is 0 Å². The lowest BCUT2D eigenvalue weighted by Crippen LogP contribution is -2.35. The molecule has 4 nitrogen and oxygen atoms in total. The number of amides is 1. The van der Waals surface area contributed by atoms with Gasteiger partial charge in [-0.05, 0) is 30.6 Å². The van der Waals surface area contributed by atoms with Gasteiger partial charge in [0, 0.05) is 13.0 Å². The molecule has 110 valence electrons. The lowest BCUT2D eigenvalue weighted by Gasteiger charge is -2.23. The van der Waals surface area contributed by atoms with E-state index < -0.39 is 11.9 Å². The molecule has 0 aromatic carbocycles. The summed E-state index contributed by atoms with van der Waals surface area (Å²) in [5.41, 5.74) is -0.0424. The Hall–Kier alpha value is -1.06. The Labute approximate surface area is 116 Å². The van der Waals surface area contributed by atoms with E-state index in [9.17, 15) is 14.7 Å². The van der Waals surface area contributed by atoms with Crippen molar-refractivity contribution in [2.45, 2.75) is 59.3 Å². The van der Waals surface area contributed by atoms with E-state index in [-0.39, 0.29) is 17.9 Å². The summed E-state index contributed by atoms with van der Waals surface area (Å²) < 4.78 is 0. The number of carbonyl (C=O) groups is 2. The number of hydrogen-bond acceptors (Lipinski definition) is 2. The first-order chi connectivity index (χ1) is 8.78. The molecule has 0 aromatic rings. The molecule has 1 atom stereocenters. The van der Waals surface area contributed by atoms with Crippen LogP contribution in [-0.2, 0) is 9.59 Å². The van der Waals surface area contributed by atoms with Crippen molar-refractivity contribution < 1.29 is 14.7 Å². The average molecular weight is 269 g/mol. The second-order valence-electron chi connectivity index (χ2n) is 6.96. The van der Waals surface area contributed by atoms with Gasteiger partial charge < -0.3 is 10.4 Å². The normalized spacial score (nSPS) is 18.3. The Morgan fingerprint density at radius 1 is 1.26 bits per heavy atom. The minimum absolute atomic E-state index is 0.00654. The Kier molecular flexibility index (Phi) is 5.83. The SMILES string of the molecule is CC(C)(C)CC(CNC(=O)CC1CCCC1)C(=O)O. The molecule has 1 rings (SSSR count). The molecule has 4 heteroatoms. The number of aliphatic carboxylic acids is 1. The van der Waals surface area contributed by atoms with Gasteiger partial charge in [0.15, 0.2) is 0 Å².